The van der Waals surface area contributed by atoms with Crippen LogP contribution in [0, 0.1) is 0 Å². The van der Waals surface area contributed by atoms with Gasteiger partial charge in [0.25, 0.3) is 11.1 Å². The van der Waals surface area contributed by atoms with E-state index in [2.05, 4.69) is 22.3 Å². The molecule has 1 aromatic heterocycles. The van der Waals surface area contributed by atoms with E-state index in [0.29, 0.717) is 23.3 Å². The zero-order chi connectivity index (χ0) is 16.9. The maximum Gasteiger partial charge on any atom is 0.287 e. The Labute approximate surface area is 149 Å². The molecule has 4 rings (SSSR count). The number of hydrogen-bond donors (Lipinski definition) is 0. The molecule has 1 unspecified atom stereocenters. The lowest BCUT2D eigenvalue weighted by atomic mass is 10.1. The molecule has 0 fully saturated rings. The number of nitrogens with zero attached hydrogens (tertiary/aromatic N) is 2. The predicted octanol–water partition coefficient (Wildman–Crippen LogP) is 4.28. The molecule has 0 spiro atoms. The average Bonchev–Trinajstić information content (AvgIpc) is 3.31. The number of hydrogen-bond acceptors (Lipinski definition) is 6. The largest absolute Gasteiger partial charge is 0.458 e. The minimum absolute atomic E-state index is 0.339. The summed E-state index contributed by atoms with van der Waals surface area (Å²) in [6.07, 6.45) is 1.82. The smallest absolute Gasteiger partial charge is 0.287 e. The van der Waals surface area contributed by atoms with Gasteiger partial charge in [0.1, 0.15) is 6.26 Å². The standard InChI is InChI=1S/C19H16N2O3S/c1-3-7-14(8-4-1)11-17-22-12-16(23-17)18-20-21-19(24-18)25-13-15-9-5-2-6-10-15/h1-10,12,17H,11,13H2. The lowest BCUT2D eigenvalue weighted by Gasteiger charge is -2.10. The number of benzene rings is 2. The minimum atomic E-state index is -0.371. The number of rotatable bonds is 6. The molecule has 0 radical (unpaired) electrons. The molecular weight excluding hydrogens is 336 g/mol. The van der Waals surface area contributed by atoms with Gasteiger partial charge in [0.15, 0.2) is 0 Å². The fourth-order valence-corrected chi connectivity index (χ4v) is 3.14. The van der Waals surface area contributed by atoms with Gasteiger partial charge in [0.05, 0.1) is 0 Å². The van der Waals surface area contributed by atoms with Gasteiger partial charge < -0.3 is 13.9 Å². The summed E-state index contributed by atoms with van der Waals surface area (Å²) in [5.74, 6) is 1.58. The van der Waals surface area contributed by atoms with Crippen molar-refractivity contribution in [2.75, 3.05) is 0 Å². The van der Waals surface area contributed by atoms with E-state index in [-0.39, 0.29) is 6.29 Å². The average molecular weight is 352 g/mol. The predicted molar refractivity (Wildman–Crippen MR) is 94.4 cm³/mol. The van der Waals surface area contributed by atoms with E-state index in [1.807, 2.05) is 48.5 Å². The number of ether oxygens (including phenoxy) is 2. The third kappa shape index (κ3) is 4.03. The van der Waals surface area contributed by atoms with Gasteiger partial charge in [-0.3, -0.25) is 0 Å². The van der Waals surface area contributed by atoms with E-state index in [4.69, 9.17) is 13.9 Å². The molecule has 5 nitrogen and oxygen atoms in total. The Morgan fingerprint density at radius 1 is 0.880 bits per heavy atom. The monoisotopic (exact) mass is 352 g/mol. The highest BCUT2D eigenvalue weighted by Gasteiger charge is 2.25. The van der Waals surface area contributed by atoms with Crippen LogP contribution >= 0.6 is 11.8 Å². The van der Waals surface area contributed by atoms with Crippen LogP contribution in [0.15, 0.2) is 76.6 Å². The molecule has 2 aromatic carbocycles. The molecule has 126 valence electrons. The Morgan fingerprint density at radius 3 is 2.36 bits per heavy atom. The summed E-state index contributed by atoms with van der Waals surface area (Å²) in [6.45, 7) is 0. The summed E-state index contributed by atoms with van der Waals surface area (Å²) in [4.78, 5) is 0. The third-order valence-corrected chi connectivity index (χ3v) is 4.54. The summed E-state index contributed by atoms with van der Waals surface area (Å²) in [6, 6.07) is 20.2. The van der Waals surface area contributed by atoms with Crippen LogP contribution in [0.2, 0.25) is 0 Å². The first-order valence-corrected chi connectivity index (χ1v) is 8.92. The van der Waals surface area contributed by atoms with Crippen molar-refractivity contribution in [3.63, 3.8) is 0 Å². The first kappa shape index (κ1) is 15.8. The molecule has 3 aromatic rings. The molecule has 0 saturated heterocycles. The number of thioether (sulfide) groups is 1. The van der Waals surface area contributed by atoms with Gasteiger partial charge in [0, 0.05) is 12.2 Å². The van der Waals surface area contributed by atoms with Gasteiger partial charge in [-0.05, 0) is 11.1 Å². The Bertz CT molecular complexity index is 849. The SMILES string of the molecule is C1=C(c2nnc(SCc3ccccc3)o2)OC(Cc2ccccc2)O1. The Kier molecular flexibility index (Phi) is 4.70. The highest BCUT2D eigenvalue weighted by Crippen LogP contribution is 2.28. The first-order valence-electron chi connectivity index (χ1n) is 7.93. The van der Waals surface area contributed by atoms with Crippen LogP contribution in [-0.4, -0.2) is 16.5 Å². The molecule has 1 aliphatic rings. The van der Waals surface area contributed by atoms with Crippen molar-refractivity contribution in [1.29, 1.82) is 0 Å². The van der Waals surface area contributed by atoms with Crippen LogP contribution in [0.25, 0.3) is 5.76 Å². The molecular formula is C19H16N2O3S. The minimum Gasteiger partial charge on any atom is -0.458 e. The van der Waals surface area contributed by atoms with E-state index < -0.39 is 0 Å². The number of aromatic nitrogens is 2. The van der Waals surface area contributed by atoms with Gasteiger partial charge in [0.2, 0.25) is 12.0 Å². The van der Waals surface area contributed by atoms with Crippen molar-refractivity contribution >= 4 is 17.5 Å². The molecule has 0 aliphatic carbocycles. The summed E-state index contributed by atoms with van der Waals surface area (Å²) < 4.78 is 17.0. The molecule has 0 bridgehead atoms. The molecule has 0 N–H and O–H groups in total. The fourth-order valence-electron chi connectivity index (χ4n) is 2.42. The van der Waals surface area contributed by atoms with Crippen LogP contribution in [0.1, 0.15) is 17.0 Å². The quantitative estimate of drug-likeness (QED) is 0.617. The van der Waals surface area contributed by atoms with Gasteiger partial charge in [-0.25, -0.2) is 0 Å². The van der Waals surface area contributed by atoms with Crippen LogP contribution in [-0.2, 0) is 21.6 Å². The second-order valence-corrected chi connectivity index (χ2v) is 6.43. The second-order valence-electron chi connectivity index (χ2n) is 5.50. The van der Waals surface area contributed by atoms with Gasteiger partial charge in [-0.2, -0.15) is 0 Å². The molecule has 2 heterocycles. The highest BCUT2D eigenvalue weighted by atomic mass is 32.2. The topological polar surface area (TPSA) is 57.4 Å². The maximum atomic E-state index is 5.76. The van der Waals surface area contributed by atoms with E-state index in [9.17, 15) is 0 Å². The Balaban J connectivity index is 1.33. The van der Waals surface area contributed by atoms with Gasteiger partial charge >= 0.3 is 0 Å². The van der Waals surface area contributed by atoms with Crippen LogP contribution in [0.3, 0.4) is 0 Å². The van der Waals surface area contributed by atoms with E-state index in [0.717, 1.165) is 11.3 Å². The Hall–Kier alpha value is -2.73. The molecule has 0 amide bonds. The van der Waals surface area contributed by atoms with E-state index in [1.165, 1.54) is 23.6 Å². The zero-order valence-corrected chi connectivity index (χ0v) is 14.2. The molecule has 6 heteroatoms. The van der Waals surface area contributed by atoms with Gasteiger partial charge in [-0.1, -0.05) is 72.4 Å². The summed E-state index contributed by atoms with van der Waals surface area (Å²) >= 11 is 1.49. The molecule has 0 saturated carbocycles. The summed E-state index contributed by atoms with van der Waals surface area (Å²) in [5.41, 5.74) is 2.35. The fraction of sp³-hybridized carbons (Fsp3) is 0.158. The molecule has 1 aliphatic heterocycles. The van der Waals surface area contributed by atoms with Crippen molar-refractivity contribution < 1.29 is 13.9 Å². The van der Waals surface area contributed by atoms with Crippen molar-refractivity contribution in [2.24, 2.45) is 0 Å². The lowest BCUT2D eigenvalue weighted by Crippen LogP contribution is -2.11. The van der Waals surface area contributed by atoms with Crippen LogP contribution < -0.4 is 0 Å². The highest BCUT2D eigenvalue weighted by molar-refractivity contribution is 7.98. The molecule has 1 atom stereocenters. The van der Waals surface area contributed by atoms with Crippen LogP contribution in [0.4, 0.5) is 0 Å². The maximum absolute atomic E-state index is 5.76. The summed E-state index contributed by atoms with van der Waals surface area (Å²) in [5, 5.41) is 8.61. The van der Waals surface area contributed by atoms with E-state index in [1.54, 1.807) is 0 Å². The van der Waals surface area contributed by atoms with Crippen molar-refractivity contribution in [3.05, 3.63) is 83.9 Å². The Morgan fingerprint density at radius 2 is 1.60 bits per heavy atom. The first-order chi connectivity index (χ1) is 12.4. The third-order valence-electron chi connectivity index (χ3n) is 3.65. The summed E-state index contributed by atoms with van der Waals surface area (Å²) in [7, 11) is 0. The van der Waals surface area contributed by atoms with Crippen molar-refractivity contribution in [1.82, 2.24) is 10.2 Å². The van der Waals surface area contributed by atoms with E-state index >= 15 is 0 Å². The normalized spacial score (nSPS) is 16.2. The lowest BCUT2D eigenvalue weighted by molar-refractivity contribution is -0.0148. The van der Waals surface area contributed by atoms with Crippen molar-refractivity contribution in [3.8, 4) is 0 Å². The van der Waals surface area contributed by atoms with Crippen molar-refractivity contribution in [2.45, 2.75) is 23.7 Å². The zero-order valence-electron chi connectivity index (χ0n) is 13.4. The second kappa shape index (κ2) is 7.44. The van der Waals surface area contributed by atoms with Gasteiger partial charge in [-0.15, -0.1) is 10.2 Å². The molecule has 25 heavy (non-hydrogen) atoms. The van der Waals surface area contributed by atoms with Crippen LogP contribution in [0.5, 0.6) is 0 Å².